The average molecular weight is 397 g/mol. The number of β-lactam (4-membered cyclic amide) rings is 1. The van der Waals surface area contributed by atoms with Crippen molar-refractivity contribution in [1.82, 2.24) is 15.2 Å². The van der Waals surface area contributed by atoms with Gasteiger partial charge in [-0.3, -0.25) is 14.5 Å². The van der Waals surface area contributed by atoms with E-state index in [-0.39, 0.29) is 28.8 Å². The standard InChI is InChI=1S/C14H15N5O5S2/c1-2-24-18-8(6-5-26-14(15)16-6)10(20)17-9-11(21)19-7(13(22)23)3-4-25-12(9)19/h3,5,9,12H,2,4H2,1H3,(H2,15,16)(H,17,20)(H,22,23)/t9?,12-/m0/s1. The molecule has 1 aromatic heterocycles. The first-order valence-electron chi connectivity index (χ1n) is 7.54. The highest BCUT2D eigenvalue weighted by Gasteiger charge is 2.53. The van der Waals surface area contributed by atoms with Gasteiger partial charge < -0.3 is 21.0 Å². The van der Waals surface area contributed by atoms with E-state index in [1.807, 2.05) is 0 Å². The number of anilines is 1. The van der Waals surface area contributed by atoms with Crippen LogP contribution in [0.15, 0.2) is 22.3 Å². The van der Waals surface area contributed by atoms with Crippen molar-refractivity contribution in [3.8, 4) is 0 Å². The minimum absolute atomic E-state index is 0.0697. The Kier molecular flexibility index (Phi) is 5.13. The third-order valence-corrected chi connectivity index (χ3v) is 5.47. The van der Waals surface area contributed by atoms with Crippen molar-refractivity contribution in [3.63, 3.8) is 0 Å². The van der Waals surface area contributed by atoms with Crippen LogP contribution >= 0.6 is 23.1 Å². The van der Waals surface area contributed by atoms with Crippen molar-refractivity contribution >= 4 is 51.7 Å². The fourth-order valence-corrected chi connectivity index (χ4v) is 4.22. The van der Waals surface area contributed by atoms with Crippen molar-refractivity contribution in [2.45, 2.75) is 18.3 Å². The molecule has 2 atom stereocenters. The van der Waals surface area contributed by atoms with Crippen molar-refractivity contribution in [2.75, 3.05) is 18.1 Å². The molecular formula is C14H15N5O5S2. The molecular weight excluding hydrogens is 382 g/mol. The number of carbonyl (C=O) groups is 3. The number of amides is 2. The second-order valence-electron chi connectivity index (χ2n) is 5.21. The third kappa shape index (κ3) is 3.24. The van der Waals surface area contributed by atoms with E-state index in [4.69, 9.17) is 15.7 Å². The lowest BCUT2D eigenvalue weighted by Gasteiger charge is -2.48. The molecule has 0 aliphatic carbocycles. The van der Waals surface area contributed by atoms with E-state index in [0.717, 1.165) is 11.3 Å². The molecule has 3 rings (SSSR count). The van der Waals surface area contributed by atoms with Gasteiger partial charge in [0.05, 0.1) is 0 Å². The highest BCUT2D eigenvalue weighted by molar-refractivity contribution is 8.00. The number of carboxylic acid groups (broad SMARTS) is 1. The number of oxime groups is 1. The largest absolute Gasteiger partial charge is 0.477 e. The Labute approximate surface area is 156 Å². The Morgan fingerprint density at radius 3 is 2.96 bits per heavy atom. The molecule has 1 aromatic rings. The van der Waals surface area contributed by atoms with Crippen molar-refractivity contribution < 1.29 is 24.3 Å². The molecule has 2 aliphatic heterocycles. The molecule has 2 amide bonds. The normalized spacial score (nSPS) is 22.2. The predicted molar refractivity (Wildman–Crippen MR) is 95.4 cm³/mol. The monoisotopic (exact) mass is 397 g/mol. The maximum absolute atomic E-state index is 12.6. The number of hydrogen-bond acceptors (Lipinski definition) is 9. The summed E-state index contributed by atoms with van der Waals surface area (Å²) in [5, 5.41) is 16.9. The van der Waals surface area contributed by atoms with Gasteiger partial charge in [0.2, 0.25) is 0 Å². The average Bonchev–Trinajstić information content (AvgIpc) is 3.05. The van der Waals surface area contributed by atoms with Crippen LogP contribution in [0.1, 0.15) is 12.6 Å². The minimum atomic E-state index is -1.18. The van der Waals surface area contributed by atoms with Gasteiger partial charge in [-0.15, -0.1) is 23.1 Å². The second kappa shape index (κ2) is 7.33. The third-order valence-electron chi connectivity index (χ3n) is 3.62. The fraction of sp³-hybridized carbons (Fsp3) is 0.357. The molecule has 0 radical (unpaired) electrons. The van der Waals surface area contributed by atoms with Crippen molar-refractivity contribution in [1.29, 1.82) is 0 Å². The lowest BCUT2D eigenvalue weighted by molar-refractivity contribution is -0.150. The molecule has 138 valence electrons. The highest BCUT2D eigenvalue weighted by atomic mass is 32.2. The number of thioether (sulfide) groups is 1. The lowest BCUT2D eigenvalue weighted by atomic mass is 10.0. The van der Waals surface area contributed by atoms with Gasteiger partial charge in [0.1, 0.15) is 29.4 Å². The summed E-state index contributed by atoms with van der Waals surface area (Å²) < 4.78 is 0. The molecule has 0 saturated carbocycles. The number of carboxylic acids is 1. The van der Waals surface area contributed by atoms with E-state index in [1.54, 1.807) is 12.3 Å². The van der Waals surface area contributed by atoms with Crippen LogP contribution in [0, 0.1) is 0 Å². The number of aliphatic carboxylic acids is 1. The van der Waals surface area contributed by atoms with E-state index in [1.165, 1.54) is 22.7 Å². The van der Waals surface area contributed by atoms with Gasteiger partial charge in [0.15, 0.2) is 10.8 Å². The number of aromatic nitrogens is 1. The second-order valence-corrected chi connectivity index (χ2v) is 7.25. The zero-order valence-electron chi connectivity index (χ0n) is 13.5. The number of rotatable bonds is 6. The van der Waals surface area contributed by atoms with Gasteiger partial charge in [0, 0.05) is 11.1 Å². The first kappa shape index (κ1) is 18.2. The Hall–Kier alpha value is -2.60. The van der Waals surface area contributed by atoms with Gasteiger partial charge in [-0.05, 0) is 13.0 Å². The lowest BCUT2D eigenvalue weighted by Crippen LogP contribution is -2.70. The summed E-state index contributed by atoms with van der Waals surface area (Å²) in [4.78, 5) is 46.3. The van der Waals surface area contributed by atoms with Crippen LogP contribution in [0.4, 0.5) is 5.13 Å². The molecule has 1 unspecified atom stereocenters. The molecule has 1 saturated heterocycles. The first-order valence-corrected chi connectivity index (χ1v) is 9.47. The van der Waals surface area contributed by atoms with E-state index >= 15 is 0 Å². The maximum Gasteiger partial charge on any atom is 0.352 e. The van der Waals surface area contributed by atoms with Crippen LogP contribution in [0.2, 0.25) is 0 Å². The number of nitrogens with zero attached hydrogens (tertiary/aromatic N) is 3. The van der Waals surface area contributed by atoms with Crippen LogP contribution < -0.4 is 11.1 Å². The molecule has 12 heteroatoms. The quantitative estimate of drug-likeness (QED) is 0.341. The van der Waals surface area contributed by atoms with Gasteiger partial charge in [-0.1, -0.05) is 5.16 Å². The first-order chi connectivity index (χ1) is 12.4. The SMILES string of the molecule is CCON=C(C(=O)NC1C(=O)N2C(C(=O)O)=CCS[C@@H]12)c1csc(N)n1. The van der Waals surface area contributed by atoms with E-state index < -0.39 is 29.2 Å². The van der Waals surface area contributed by atoms with Crippen LogP contribution in [0.5, 0.6) is 0 Å². The Morgan fingerprint density at radius 2 is 2.35 bits per heavy atom. The molecule has 1 fully saturated rings. The van der Waals surface area contributed by atoms with E-state index in [9.17, 15) is 14.4 Å². The van der Waals surface area contributed by atoms with Gasteiger partial charge in [-0.2, -0.15) is 0 Å². The molecule has 26 heavy (non-hydrogen) atoms. The van der Waals surface area contributed by atoms with Crippen molar-refractivity contribution in [3.05, 3.63) is 22.8 Å². The number of hydrogen-bond donors (Lipinski definition) is 3. The molecule has 2 aliphatic rings. The highest BCUT2D eigenvalue weighted by Crippen LogP contribution is 2.37. The smallest absolute Gasteiger partial charge is 0.352 e. The summed E-state index contributed by atoms with van der Waals surface area (Å²) in [5.41, 5.74) is 5.66. The zero-order chi connectivity index (χ0) is 18.8. The number of nitrogens with two attached hydrogens (primary N) is 1. The summed E-state index contributed by atoms with van der Waals surface area (Å²) in [6.07, 6.45) is 1.47. The van der Waals surface area contributed by atoms with Gasteiger partial charge in [0.25, 0.3) is 11.8 Å². The predicted octanol–water partition coefficient (Wildman–Crippen LogP) is -0.166. The number of nitrogens with one attached hydrogen (secondary N) is 1. The number of fused-ring (bicyclic) bond motifs is 1. The van der Waals surface area contributed by atoms with Crippen LogP contribution in [0.3, 0.4) is 0 Å². The molecule has 0 spiro atoms. The molecule has 10 nitrogen and oxygen atoms in total. The minimum Gasteiger partial charge on any atom is -0.477 e. The molecule has 0 aromatic carbocycles. The summed E-state index contributed by atoms with van der Waals surface area (Å²) in [6, 6.07) is -0.849. The summed E-state index contributed by atoms with van der Waals surface area (Å²) in [5.74, 6) is -1.87. The maximum atomic E-state index is 12.6. The Bertz CT molecular complexity index is 820. The summed E-state index contributed by atoms with van der Waals surface area (Å²) in [6.45, 7) is 1.96. The topological polar surface area (TPSA) is 147 Å². The van der Waals surface area contributed by atoms with E-state index in [2.05, 4.69) is 15.5 Å². The molecule has 4 N–H and O–H groups in total. The van der Waals surface area contributed by atoms with Gasteiger partial charge in [-0.25, -0.2) is 9.78 Å². The fourth-order valence-electron chi connectivity index (χ4n) is 2.48. The van der Waals surface area contributed by atoms with Gasteiger partial charge >= 0.3 is 5.97 Å². The zero-order valence-corrected chi connectivity index (χ0v) is 15.2. The van der Waals surface area contributed by atoms with Crippen LogP contribution in [-0.2, 0) is 19.2 Å². The Balaban J connectivity index is 1.76. The Morgan fingerprint density at radius 1 is 1.58 bits per heavy atom. The van der Waals surface area contributed by atoms with E-state index in [0.29, 0.717) is 5.75 Å². The summed E-state index contributed by atoms with van der Waals surface area (Å²) >= 11 is 2.51. The molecule has 0 bridgehead atoms. The van der Waals surface area contributed by atoms with Crippen molar-refractivity contribution in [2.24, 2.45) is 5.16 Å². The molecule has 3 heterocycles. The number of nitrogen functional groups attached to an aromatic ring is 1. The number of carbonyl (C=O) groups excluding carboxylic acids is 2. The summed E-state index contributed by atoms with van der Waals surface area (Å²) in [7, 11) is 0. The number of thiazole rings is 1. The van der Waals surface area contributed by atoms with Crippen LogP contribution in [-0.4, -0.2) is 62.3 Å². The van der Waals surface area contributed by atoms with Crippen LogP contribution in [0.25, 0.3) is 0 Å².